The summed E-state index contributed by atoms with van der Waals surface area (Å²) in [5.41, 5.74) is -0.657. The van der Waals surface area contributed by atoms with Crippen molar-refractivity contribution in [2.75, 3.05) is 5.88 Å². The largest absolute Gasteiger partial charge is 0.441 e. The molecule has 3 unspecified atom stereocenters. The molecule has 0 N–H and O–H groups in total. The fourth-order valence-corrected chi connectivity index (χ4v) is 2.34. The summed E-state index contributed by atoms with van der Waals surface area (Å²) < 4.78 is 43.1. The van der Waals surface area contributed by atoms with E-state index in [1.54, 1.807) is 13.8 Å². The highest BCUT2D eigenvalue weighted by molar-refractivity contribution is 6.17. The third kappa shape index (κ3) is 4.28. The van der Waals surface area contributed by atoms with Crippen molar-refractivity contribution in [2.24, 2.45) is 17.3 Å². The van der Waals surface area contributed by atoms with Crippen molar-refractivity contribution in [2.45, 2.75) is 26.4 Å². The van der Waals surface area contributed by atoms with Crippen LogP contribution in [0.3, 0.4) is 0 Å². The second-order valence-corrected chi connectivity index (χ2v) is 5.71. The first-order chi connectivity index (χ1) is 9.75. The fourth-order valence-electron chi connectivity index (χ4n) is 2.23. The maximum Gasteiger partial charge on any atom is 0.311 e. The third-order valence-electron chi connectivity index (χ3n) is 3.55. The Kier molecular flexibility index (Phi) is 5.91. The maximum absolute atomic E-state index is 13.6. The molecule has 0 amide bonds. The highest BCUT2D eigenvalue weighted by Gasteiger charge is 2.62. The minimum Gasteiger partial charge on any atom is -0.441 e. The number of carbonyl (C=O) groups excluding carboxylic acids is 1. The number of esters is 1. The molecule has 1 saturated carbocycles. The van der Waals surface area contributed by atoms with Gasteiger partial charge in [-0.25, -0.2) is 4.39 Å². The summed E-state index contributed by atoms with van der Waals surface area (Å²) in [7, 11) is 0. The summed E-state index contributed by atoms with van der Waals surface area (Å²) in [6, 6.07) is 0. The minimum atomic E-state index is -1.86. The van der Waals surface area contributed by atoms with Gasteiger partial charge in [0.15, 0.2) is 0 Å². The Bertz CT molecular complexity index is 502. The van der Waals surface area contributed by atoms with Crippen LogP contribution in [0, 0.1) is 29.6 Å². The van der Waals surface area contributed by atoms with E-state index in [4.69, 9.17) is 22.8 Å². The normalized spacial score (nSPS) is 24.7. The molecule has 0 aliphatic heterocycles. The van der Waals surface area contributed by atoms with E-state index in [-0.39, 0.29) is 12.3 Å². The molecule has 1 aliphatic rings. The molecule has 0 spiro atoms. The summed E-state index contributed by atoms with van der Waals surface area (Å²) >= 11 is 5.42. The number of alkyl halides is 1. The first-order valence-corrected chi connectivity index (χ1v) is 6.90. The zero-order valence-electron chi connectivity index (χ0n) is 11.7. The molecule has 21 heavy (non-hydrogen) atoms. The quantitative estimate of drug-likeness (QED) is 0.419. The Morgan fingerprint density at radius 1 is 1.48 bits per heavy atom. The van der Waals surface area contributed by atoms with Crippen molar-refractivity contribution in [1.29, 1.82) is 0 Å². The number of halogens is 4. The van der Waals surface area contributed by atoms with Crippen molar-refractivity contribution in [3.63, 3.8) is 0 Å². The Hall–Kier alpha value is -1.41. The van der Waals surface area contributed by atoms with Crippen molar-refractivity contribution in [3.8, 4) is 12.3 Å². The zero-order valence-corrected chi connectivity index (χ0v) is 12.5. The fraction of sp³-hybridized carbons (Fsp3) is 0.533. The summed E-state index contributed by atoms with van der Waals surface area (Å²) in [5.74, 6) is -0.732. The lowest BCUT2D eigenvalue weighted by atomic mass is 10.1. The Morgan fingerprint density at radius 3 is 2.57 bits per heavy atom. The minimum absolute atomic E-state index is 0.205. The number of carbonyl (C=O) groups is 1. The predicted molar refractivity (Wildman–Crippen MR) is 74.3 cm³/mol. The third-order valence-corrected chi connectivity index (χ3v) is 3.77. The topological polar surface area (TPSA) is 26.3 Å². The predicted octanol–water partition coefficient (Wildman–Crippen LogP) is 4.07. The lowest BCUT2D eigenvalue weighted by molar-refractivity contribution is -0.148. The van der Waals surface area contributed by atoms with Gasteiger partial charge in [0.05, 0.1) is 5.92 Å². The standard InChI is InChI=1S/C15H16ClF3O2/c1-4-11(10(17)6-5-7-16)21-14(20)13-9(8-12(18)19)15(13,2)3/h1,6,8-9,11,13H,5,7H2,2-3H3. The molecular formula is C15H16ClF3O2. The van der Waals surface area contributed by atoms with Crippen LogP contribution in [0.1, 0.15) is 20.3 Å². The number of allylic oxidation sites excluding steroid dienone is 2. The monoisotopic (exact) mass is 320 g/mol. The van der Waals surface area contributed by atoms with E-state index in [9.17, 15) is 18.0 Å². The van der Waals surface area contributed by atoms with Crippen molar-refractivity contribution >= 4 is 17.6 Å². The van der Waals surface area contributed by atoms with Crippen LogP contribution in [0.25, 0.3) is 0 Å². The SMILES string of the molecule is C#CC(OC(=O)C1C(C=C(F)F)C1(C)C)C(F)=CCCCl. The summed E-state index contributed by atoms with van der Waals surface area (Å²) in [6.45, 7) is 3.32. The molecule has 0 aromatic heterocycles. The highest BCUT2D eigenvalue weighted by atomic mass is 35.5. The van der Waals surface area contributed by atoms with Gasteiger partial charge in [-0.1, -0.05) is 19.8 Å². The maximum atomic E-state index is 13.6. The van der Waals surface area contributed by atoms with Crippen LogP contribution in [0.4, 0.5) is 13.2 Å². The molecular weight excluding hydrogens is 305 g/mol. The van der Waals surface area contributed by atoms with Gasteiger partial charge in [0.25, 0.3) is 6.08 Å². The molecule has 1 fully saturated rings. The van der Waals surface area contributed by atoms with Crippen LogP contribution in [0.2, 0.25) is 0 Å². The Morgan fingerprint density at radius 2 is 2.10 bits per heavy atom. The van der Waals surface area contributed by atoms with Gasteiger partial charge in [0, 0.05) is 11.8 Å². The lowest BCUT2D eigenvalue weighted by Gasteiger charge is -2.11. The van der Waals surface area contributed by atoms with Gasteiger partial charge in [-0.15, -0.1) is 18.0 Å². The molecule has 6 heteroatoms. The number of rotatable bonds is 6. The van der Waals surface area contributed by atoms with E-state index in [1.165, 1.54) is 0 Å². The molecule has 3 atom stereocenters. The summed E-state index contributed by atoms with van der Waals surface area (Å²) in [6.07, 6.45) is 3.93. The van der Waals surface area contributed by atoms with Gasteiger partial charge in [0.1, 0.15) is 5.83 Å². The van der Waals surface area contributed by atoms with Crippen molar-refractivity contribution in [3.05, 3.63) is 24.1 Å². The first-order valence-electron chi connectivity index (χ1n) is 6.36. The van der Waals surface area contributed by atoms with Gasteiger partial charge in [-0.3, -0.25) is 4.79 Å². The van der Waals surface area contributed by atoms with Crippen molar-refractivity contribution < 1.29 is 22.7 Å². The molecule has 0 aromatic rings. The van der Waals surface area contributed by atoms with Gasteiger partial charge in [-0.05, 0) is 24.0 Å². The van der Waals surface area contributed by atoms with Crippen LogP contribution in [-0.2, 0) is 9.53 Å². The van der Waals surface area contributed by atoms with Gasteiger partial charge >= 0.3 is 5.97 Å². The van der Waals surface area contributed by atoms with E-state index in [0.717, 1.165) is 12.2 Å². The smallest absolute Gasteiger partial charge is 0.311 e. The molecule has 2 nitrogen and oxygen atoms in total. The van der Waals surface area contributed by atoms with Crippen LogP contribution in [0.15, 0.2) is 24.1 Å². The van der Waals surface area contributed by atoms with Crippen LogP contribution < -0.4 is 0 Å². The van der Waals surface area contributed by atoms with E-state index < -0.39 is 41.2 Å². The van der Waals surface area contributed by atoms with Crippen LogP contribution in [-0.4, -0.2) is 18.0 Å². The average molecular weight is 321 g/mol. The Labute approximate surface area is 127 Å². The Balaban J connectivity index is 2.73. The zero-order chi connectivity index (χ0) is 16.2. The van der Waals surface area contributed by atoms with E-state index in [2.05, 4.69) is 0 Å². The molecule has 0 saturated heterocycles. The number of ether oxygens (including phenoxy) is 1. The van der Waals surface area contributed by atoms with Crippen molar-refractivity contribution in [1.82, 2.24) is 0 Å². The van der Waals surface area contributed by atoms with Crippen LogP contribution >= 0.6 is 11.6 Å². The molecule has 116 valence electrons. The summed E-state index contributed by atoms with van der Waals surface area (Å²) in [4.78, 5) is 11.9. The highest BCUT2D eigenvalue weighted by Crippen LogP contribution is 2.60. The number of terminal acetylenes is 1. The number of hydrogen-bond acceptors (Lipinski definition) is 2. The van der Waals surface area contributed by atoms with E-state index in [1.807, 2.05) is 5.92 Å². The second kappa shape index (κ2) is 7.04. The average Bonchev–Trinajstić information content (AvgIpc) is 2.93. The van der Waals surface area contributed by atoms with Gasteiger partial charge in [0.2, 0.25) is 6.10 Å². The van der Waals surface area contributed by atoms with Gasteiger partial charge in [-0.2, -0.15) is 8.78 Å². The van der Waals surface area contributed by atoms with E-state index >= 15 is 0 Å². The first kappa shape index (κ1) is 17.6. The number of hydrogen-bond donors (Lipinski definition) is 0. The molecule has 0 aromatic carbocycles. The molecule has 0 bridgehead atoms. The molecule has 1 aliphatic carbocycles. The second-order valence-electron chi connectivity index (χ2n) is 5.33. The molecule has 1 rings (SSSR count). The summed E-state index contributed by atoms with van der Waals surface area (Å²) in [5, 5.41) is 0. The van der Waals surface area contributed by atoms with E-state index in [0.29, 0.717) is 0 Å². The van der Waals surface area contributed by atoms with Crippen LogP contribution in [0.5, 0.6) is 0 Å². The van der Waals surface area contributed by atoms with Gasteiger partial charge < -0.3 is 4.74 Å². The molecule has 0 radical (unpaired) electrons. The lowest BCUT2D eigenvalue weighted by Crippen LogP contribution is -2.20. The molecule has 0 heterocycles.